The van der Waals surface area contributed by atoms with Crippen LogP contribution in [0.1, 0.15) is 5.56 Å². The number of nitrogens with two attached hydrogens (primary N) is 1. The Hall–Kier alpha value is -2.98. The van der Waals surface area contributed by atoms with Crippen LogP contribution in [0.3, 0.4) is 0 Å². The van der Waals surface area contributed by atoms with Gasteiger partial charge in [-0.1, -0.05) is 24.3 Å². The number of oxazole rings is 1. The van der Waals surface area contributed by atoms with Crippen LogP contribution < -0.4 is 5.73 Å². The number of fused-ring (bicyclic) bond motifs is 1. The Morgan fingerprint density at radius 2 is 1.74 bits per heavy atom. The molecule has 0 bridgehead atoms. The Morgan fingerprint density at radius 1 is 0.913 bits per heavy atom. The highest BCUT2D eigenvalue weighted by Crippen LogP contribution is 2.28. The summed E-state index contributed by atoms with van der Waals surface area (Å²) in [5, 5.41) is 0. The van der Waals surface area contributed by atoms with Crippen molar-refractivity contribution in [1.29, 1.82) is 0 Å². The van der Waals surface area contributed by atoms with Gasteiger partial charge in [0, 0.05) is 30.1 Å². The number of pyridine rings is 1. The zero-order valence-corrected chi connectivity index (χ0v) is 12.4. The molecule has 0 spiro atoms. The first-order valence-electron chi connectivity index (χ1n) is 7.44. The van der Waals surface area contributed by atoms with Crippen LogP contribution in [0.4, 0.5) is 0 Å². The first-order chi connectivity index (χ1) is 11.3. The van der Waals surface area contributed by atoms with Crippen molar-refractivity contribution in [3.05, 3.63) is 72.6 Å². The number of nitrogens with zero attached hydrogens (tertiary/aromatic N) is 2. The van der Waals surface area contributed by atoms with Crippen LogP contribution >= 0.6 is 0 Å². The summed E-state index contributed by atoms with van der Waals surface area (Å²) < 4.78 is 5.86. The van der Waals surface area contributed by atoms with E-state index in [1.165, 1.54) is 0 Å². The molecule has 4 rings (SSSR count). The van der Waals surface area contributed by atoms with Crippen LogP contribution in [-0.4, -0.2) is 9.97 Å². The van der Waals surface area contributed by atoms with Gasteiger partial charge in [-0.05, 0) is 41.5 Å². The van der Waals surface area contributed by atoms with Crippen LogP contribution in [0.15, 0.2) is 71.4 Å². The molecule has 0 aliphatic heterocycles. The van der Waals surface area contributed by atoms with Crippen molar-refractivity contribution in [3.8, 4) is 22.6 Å². The highest BCUT2D eigenvalue weighted by atomic mass is 16.3. The highest BCUT2D eigenvalue weighted by Gasteiger charge is 2.09. The molecular formula is C19H15N3O. The number of aromatic nitrogens is 2. The number of hydrogen-bond donors (Lipinski definition) is 1. The third-order valence-corrected chi connectivity index (χ3v) is 3.82. The van der Waals surface area contributed by atoms with E-state index in [1.807, 2.05) is 60.8 Å². The van der Waals surface area contributed by atoms with Gasteiger partial charge >= 0.3 is 0 Å². The van der Waals surface area contributed by atoms with E-state index >= 15 is 0 Å². The maximum absolute atomic E-state index is 5.86. The second kappa shape index (κ2) is 5.66. The van der Waals surface area contributed by atoms with E-state index in [-0.39, 0.29) is 0 Å². The molecule has 2 heterocycles. The van der Waals surface area contributed by atoms with Crippen molar-refractivity contribution < 1.29 is 4.42 Å². The monoisotopic (exact) mass is 301 g/mol. The molecule has 2 aromatic carbocycles. The van der Waals surface area contributed by atoms with Crippen LogP contribution in [0.25, 0.3) is 33.7 Å². The number of rotatable bonds is 3. The fraction of sp³-hybridized carbons (Fsp3) is 0.0526. The lowest BCUT2D eigenvalue weighted by Gasteiger charge is -1.99. The lowest BCUT2D eigenvalue weighted by atomic mass is 10.1. The average molecular weight is 301 g/mol. The van der Waals surface area contributed by atoms with Gasteiger partial charge in [-0.15, -0.1) is 0 Å². The van der Waals surface area contributed by atoms with Gasteiger partial charge in [0.2, 0.25) is 5.89 Å². The Kier molecular flexibility index (Phi) is 3.37. The van der Waals surface area contributed by atoms with Gasteiger partial charge in [-0.2, -0.15) is 0 Å². The molecule has 23 heavy (non-hydrogen) atoms. The predicted octanol–water partition coefficient (Wildman–Crippen LogP) is 4.02. The predicted molar refractivity (Wildman–Crippen MR) is 90.6 cm³/mol. The molecule has 4 aromatic rings. The molecular weight excluding hydrogens is 286 g/mol. The van der Waals surface area contributed by atoms with Crippen LogP contribution in [0.2, 0.25) is 0 Å². The van der Waals surface area contributed by atoms with E-state index in [0.717, 1.165) is 33.4 Å². The average Bonchev–Trinajstić information content (AvgIpc) is 3.06. The summed E-state index contributed by atoms with van der Waals surface area (Å²) >= 11 is 0. The molecule has 112 valence electrons. The van der Waals surface area contributed by atoms with Crippen molar-refractivity contribution in [3.63, 3.8) is 0 Å². The molecule has 0 fully saturated rings. The van der Waals surface area contributed by atoms with Crippen molar-refractivity contribution in [2.75, 3.05) is 0 Å². The van der Waals surface area contributed by atoms with Gasteiger partial charge in [0.05, 0.1) is 0 Å². The molecule has 4 heteroatoms. The van der Waals surface area contributed by atoms with Crippen molar-refractivity contribution in [1.82, 2.24) is 9.97 Å². The summed E-state index contributed by atoms with van der Waals surface area (Å²) in [6, 6.07) is 17.9. The second-order valence-electron chi connectivity index (χ2n) is 5.34. The molecule has 0 unspecified atom stereocenters. The first-order valence-corrected chi connectivity index (χ1v) is 7.44. The largest absolute Gasteiger partial charge is 0.436 e. The third kappa shape index (κ3) is 2.60. The Balaban J connectivity index is 1.75. The van der Waals surface area contributed by atoms with Crippen LogP contribution in [0, 0.1) is 0 Å². The summed E-state index contributed by atoms with van der Waals surface area (Å²) in [6.07, 6.45) is 3.61. The van der Waals surface area contributed by atoms with Gasteiger partial charge in [0.15, 0.2) is 5.58 Å². The zero-order valence-electron chi connectivity index (χ0n) is 12.4. The molecule has 0 saturated carbocycles. The van der Waals surface area contributed by atoms with Crippen molar-refractivity contribution >= 4 is 11.1 Å². The smallest absolute Gasteiger partial charge is 0.227 e. The van der Waals surface area contributed by atoms with Crippen molar-refractivity contribution in [2.24, 2.45) is 5.73 Å². The number of hydrogen-bond acceptors (Lipinski definition) is 4. The maximum atomic E-state index is 5.86. The molecule has 0 radical (unpaired) electrons. The van der Waals surface area contributed by atoms with E-state index in [1.54, 1.807) is 6.20 Å². The molecule has 2 aromatic heterocycles. The molecule has 0 aliphatic rings. The van der Waals surface area contributed by atoms with E-state index in [4.69, 9.17) is 10.2 Å². The van der Waals surface area contributed by atoms with Crippen LogP contribution in [-0.2, 0) is 6.54 Å². The van der Waals surface area contributed by atoms with Gasteiger partial charge in [0.1, 0.15) is 5.52 Å². The van der Waals surface area contributed by atoms with Gasteiger partial charge in [0.25, 0.3) is 0 Å². The zero-order chi connectivity index (χ0) is 15.6. The minimum Gasteiger partial charge on any atom is -0.436 e. The summed E-state index contributed by atoms with van der Waals surface area (Å²) in [5.74, 6) is 0.618. The lowest BCUT2D eigenvalue weighted by Crippen LogP contribution is -1.95. The lowest BCUT2D eigenvalue weighted by molar-refractivity contribution is 0.620. The highest BCUT2D eigenvalue weighted by molar-refractivity contribution is 5.82. The normalized spacial score (nSPS) is 11.0. The van der Waals surface area contributed by atoms with Crippen molar-refractivity contribution in [2.45, 2.75) is 6.54 Å². The van der Waals surface area contributed by atoms with E-state index in [2.05, 4.69) is 9.97 Å². The standard InChI is InChI=1S/C19H15N3O/c20-11-13-3-5-14(6-4-13)19-22-17-10-15(7-8-18(17)23-19)16-2-1-9-21-12-16/h1-10,12H,11,20H2. The second-order valence-corrected chi connectivity index (χ2v) is 5.34. The van der Waals surface area contributed by atoms with Gasteiger partial charge < -0.3 is 10.2 Å². The van der Waals surface area contributed by atoms with E-state index < -0.39 is 0 Å². The molecule has 2 N–H and O–H groups in total. The first kappa shape index (κ1) is 13.7. The quantitative estimate of drug-likeness (QED) is 0.621. The van der Waals surface area contributed by atoms with E-state index in [9.17, 15) is 0 Å². The summed E-state index contributed by atoms with van der Waals surface area (Å²) in [7, 11) is 0. The minimum absolute atomic E-state index is 0.530. The summed E-state index contributed by atoms with van der Waals surface area (Å²) in [5.41, 5.74) is 11.4. The van der Waals surface area contributed by atoms with Crippen LogP contribution in [0.5, 0.6) is 0 Å². The molecule has 4 nitrogen and oxygen atoms in total. The summed E-state index contributed by atoms with van der Waals surface area (Å²) in [6.45, 7) is 0.530. The minimum atomic E-state index is 0.530. The third-order valence-electron chi connectivity index (χ3n) is 3.82. The molecule has 0 saturated heterocycles. The van der Waals surface area contributed by atoms with Gasteiger partial charge in [-0.25, -0.2) is 4.98 Å². The molecule has 0 aliphatic carbocycles. The molecule has 0 atom stereocenters. The fourth-order valence-corrected chi connectivity index (χ4v) is 2.55. The maximum Gasteiger partial charge on any atom is 0.227 e. The van der Waals surface area contributed by atoms with E-state index in [0.29, 0.717) is 12.4 Å². The number of benzene rings is 2. The summed E-state index contributed by atoms with van der Waals surface area (Å²) in [4.78, 5) is 8.76. The van der Waals surface area contributed by atoms with Gasteiger partial charge in [-0.3, -0.25) is 4.98 Å². The topological polar surface area (TPSA) is 64.9 Å². The Morgan fingerprint density at radius 3 is 2.48 bits per heavy atom. The fourth-order valence-electron chi connectivity index (χ4n) is 2.55. The SMILES string of the molecule is NCc1ccc(-c2nc3cc(-c4cccnc4)ccc3o2)cc1. The molecule has 0 amide bonds. The Labute approximate surface area is 133 Å². The Bertz CT molecular complexity index is 943.